The first-order valence-electron chi connectivity index (χ1n) is 7.46. The van der Waals surface area contributed by atoms with Gasteiger partial charge in [0.15, 0.2) is 0 Å². The normalized spacial score (nSPS) is 23.5. The van der Waals surface area contributed by atoms with Crippen molar-refractivity contribution in [2.24, 2.45) is 11.8 Å². The summed E-state index contributed by atoms with van der Waals surface area (Å²) in [5, 5.41) is 6.57. The summed E-state index contributed by atoms with van der Waals surface area (Å²) in [4.78, 5) is 23.8. The van der Waals surface area contributed by atoms with Crippen molar-refractivity contribution in [3.63, 3.8) is 0 Å². The third-order valence-corrected chi connectivity index (χ3v) is 4.22. The van der Waals surface area contributed by atoms with E-state index in [-0.39, 0.29) is 23.7 Å². The van der Waals surface area contributed by atoms with E-state index in [1.165, 1.54) is 0 Å². The maximum Gasteiger partial charge on any atom is 0.224 e. The number of hydrogen-bond donors (Lipinski definition) is 2. The standard InChI is InChI=1S/C16H19ClN2O2/c17-11-3-1-2-10(8-11)6-7-18-15(20)13-9-14(13)16(21)19-12-4-5-12/h1-3,8,12-14H,4-7,9H2,(H,18,20)(H,19,21). The summed E-state index contributed by atoms with van der Waals surface area (Å²) >= 11 is 5.92. The molecule has 112 valence electrons. The minimum atomic E-state index is -0.136. The zero-order valence-corrected chi connectivity index (χ0v) is 12.5. The highest BCUT2D eigenvalue weighted by atomic mass is 35.5. The van der Waals surface area contributed by atoms with Crippen LogP contribution in [-0.2, 0) is 16.0 Å². The Balaban J connectivity index is 1.38. The summed E-state index contributed by atoms with van der Waals surface area (Å²) in [5.41, 5.74) is 1.10. The van der Waals surface area contributed by atoms with Gasteiger partial charge in [0.25, 0.3) is 0 Å². The highest BCUT2D eigenvalue weighted by Crippen LogP contribution is 2.39. The Morgan fingerprint density at radius 2 is 1.95 bits per heavy atom. The molecule has 3 rings (SSSR count). The first-order valence-corrected chi connectivity index (χ1v) is 7.84. The molecule has 2 amide bonds. The number of amides is 2. The van der Waals surface area contributed by atoms with Crippen molar-refractivity contribution in [1.29, 1.82) is 0 Å². The Kier molecular flexibility index (Phi) is 4.15. The van der Waals surface area contributed by atoms with Crippen molar-refractivity contribution < 1.29 is 9.59 Å². The predicted molar refractivity (Wildman–Crippen MR) is 80.9 cm³/mol. The van der Waals surface area contributed by atoms with E-state index >= 15 is 0 Å². The minimum Gasteiger partial charge on any atom is -0.356 e. The van der Waals surface area contributed by atoms with Crippen LogP contribution in [0.4, 0.5) is 0 Å². The van der Waals surface area contributed by atoms with E-state index in [9.17, 15) is 9.59 Å². The molecule has 2 fully saturated rings. The van der Waals surface area contributed by atoms with Crippen LogP contribution in [0, 0.1) is 11.8 Å². The molecule has 0 spiro atoms. The molecule has 0 bridgehead atoms. The lowest BCUT2D eigenvalue weighted by Crippen LogP contribution is -2.32. The number of benzene rings is 1. The van der Waals surface area contributed by atoms with Gasteiger partial charge < -0.3 is 10.6 Å². The van der Waals surface area contributed by atoms with Crippen LogP contribution in [0.5, 0.6) is 0 Å². The molecule has 2 saturated carbocycles. The fourth-order valence-electron chi connectivity index (χ4n) is 2.46. The lowest BCUT2D eigenvalue weighted by molar-refractivity contribution is -0.127. The van der Waals surface area contributed by atoms with E-state index in [0.29, 0.717) is 24.0 Å². The molecule has 21 heavy (non-hydrogen) atoms. The van der Waals surface area contributed by atoms with Crippen molar-refractivity contribution in [2.75, 3.05) is 6.54 Å². The zero-order chi connectivity index (χ0) is 14.8. The summed E-state index contributed by atoms with van der Waals surface area (Å²) in [6, 6.07) is 7.98. The molecule has 2 unspecified atom stereocenters. The Hall–Kier alpha value is -1.55. The van der Waals surface area contributed by atoms with Crippen molar-refractivity contribution in [2.45, 2.75) is 31.7 Å². The fraction of sp³-hybridized carbons (Fsp3) is 0.500. The molecule has 0 heterocycles. The summed E-state index contributed by atoms with van der Waals surface area (Å²) in [6.45, 7) is 0.576. The maximum atomic E-state index is 12.0. The topological polar surface area (TPSA) is 58.2 Å². The van der Waals surface area contributed by atoms with Gasteiger partial charge in [-0.2, -0.15) is 0 Å². The summed E-state index contributed by atoms with van der Waals surface area (Å²) in [6.07, 6.45) is 3.59. The molecule has 4 nitrogen and oxygen atoms in total. The molecule has 0 saturated heterocycles. The fourth-order valence-corrected chi connectivity index (χ4v) is 2.68. The first-order chi connectivity index (χ1) is 10.1. The van der Waals surface area contributed by atoms with E-state index < -0.39 is 0 Å². The van der Waals surface area contributed by atoms with Gasteiger partial charge in [-0.15, -0.1) is 0 Å². The van der Waals surface area contributed by atoms with Gasteiger partial charge in [-0.25, -0.2) is 0 Å². The van der Waals surface area contributed by atoms with Gasteiger partial charge in [0.2, 0.25) is 11.8 Å². The van der Waals surface area contributed by atoms with Crippen LogP contribution >= 0.6 is 11.6 Å². The van der Waals surface area contributed by atoms with Crippen molar-refractivity contribution >= 4 is 23.4 Å². The van der Waals surface area contributed by atoms with Crippen molar-refractivity contribution in [3.8, 4) is 0 Å². The van der Waals surface area contributed by atoms with E-state index in [0.717, 1.165) is 24.8 Å². The third kappa shape index (κ3) is 3.97. The van der Waals surface area contributed by atoms with E-state index in [1.807, 2.05) is 24.3 Å². The second-order valence-corrected chi connectivity index (χ2v) is 6.34. The molecule has 0 aromatic heterocycles. The van der Waals surface area contributed by atoms with Gasteiger partial charge in [-0.1, -0.05) is 23.7 Å². The molecule has 2 atom stereocenters. The molecule has 2 aliphatic carbocycles. The maximum absolute atomic E-state index is 12.0. The molecular weight excluding hydrogens is 288 g/mol. The van der Waals surface area contributed by atoms with Gasteiger partial charge in [0.1, 0.15) is 0 Å². The van der Waals surface area contributed by atoms with Crippen LogP contribution in [-0.4, -0.2) is 24.4 Å². The number of halogens is 1. The molecule has 0 aliphatic heterocycles. The Morgan fingerprint density at radius 3 is 2.67 bits per heavy atom. The van der Waals surface area contributed by atoms with Crippen LogP contribution < -0.4 is 10.6 Å². The SMILES string of the molecule is O=C(NCCc1cccc(Cl)c1)C1CC1C(=O)NC1CC1. The monoisotopic (exact) mass is 306 g/mol. The molecule has 2 N–H and O–H groups in total. The number of carbonyl (C=O) groups is 2. The molecule has 2 aliphatic rings. The van der Waals surface area contributed by atoms with Gasteiger partial charge in [0.05, 0.1) is 11.8 Å². The quantitative estimate of drug-likeness (QED) is 0.843. The second kappa shape index (κ2) is 6.06. The molecular formula is C16H19ClN2O2. The smallest absolute Gasteiger partial charge is 0.224 e. The number of carbonyl (C=O) groups excluding carboxylic acids is 2. The van der Waals surface area contributed by atoms with Crippen LogP contribution in [0.2, 0.25) is 5.02 Å². The van der Waals surface area contributed by atoms with Gasteiger partial charge in [0, 0.05) is 17.6 Å². The van der Waals surface area contributed by atoms with Crippen molar-refractivity contribution in [3.05, 3.63) is 34.9 Å². The van der Waals surface area contributed by atoms with Crippen LogP contribution in [0.1, 0.15) is 24.8 Å². The summed E-state index contributed by atoms with van der Waals surface area (Å²) < 4.78 is 0. The number of nitrogens with one attached hydrogen (secondary N) is 2. The van der Waals surface area contributed by atoms with Gasteiger partial charge in [-0.3, -0.25) is 9.59 Å². The first kappa shape index (κ1) is 14.4. The average Bonchev–Trinajstić information content (AvgIpc) is 3.32. The Labute approximate surface area is 129 Å². The summed E-state index contributed by atoms with van der Waals surface area (Å²) in [7, 11) is 0. The summed E-state index contributed by atoms with van der Waals surface area (Å²) in [5.74, 6) is -0.208. The van der Waals surface area contributed by atoms with Gasteiger partial charge in [-0.05, 0) is 43.4 Å². The van der Waals surface area contributed by atoms with Gasteiger partial charge >= 0.3 is 0 Å². The molecule has 0 radical (unpaired) electrons. The van der Waals surface area contributed by atoms with E-state index in [2.05, 4.69) is 10.6 Å². The lowest BCUT2D eigenvalue weighted by Gasteiger charge is -2.06. The van der Waals surface area contributed by atoms with Crippen molar-refractivity contribution in [1.82, 2.24) is 10.6 Å². The Morgan fingerprint density at radius 1 is 1.19 bits per heavy atom. The van der Waals surface area contributed by atoms with E-state index in [1.54, 1.807) is 0 Å². The molecule has 1 aromatic carbocycles. The number of rotatable bonds is 6. The van der Waals surface area contributed by atoms with Crippen LogP contribution in [0.15, 0.2) is 24.3 Å². The highest BCUT2D eigenvalue weighted by molar-refractivity contribution is 6.30. The van der Waals surface area contributed by atoms with Crippen LogP contribution in [0.3, 0.4) is 0 Å². The van der Waals surface area contributed by atoms with Crippen LogP contribution in [0.25, 0.3) is 0 Å². The van der Waals surface area contributed by atoms with E-state index in [4.69, 9.17) is 11.6 Å². The minimum absolute atomic E-state index is 0.00650. The predicted octanol–water partition coefficient (Wildman–Crippen LogP) is 1.91. The Bertz CT molecular complexity index is 557. The number of hydrogen-bond acceptors (Lipinski definition) is 2. The lowest BCUT2D eigenvalue weighted by atomic mass is 10.1. The second-order valence-electron chi connectivity index (χ2n) is 5.90. The largest absolute Gasteiger partial charge is 0.356 e. The average molecular weight is 307 g/mol. The highest BCUT2D eigenvalue weighted by Gasteiger charge is 2.48. The molecule has 1 aromatic rings. The zero-order valence-electron chi connectivity index (χ0n) is 11.8. The molecule has 5 heteroatoms. The third-order valence-electron chi connectivity index (χ3n) is 3.99.